The Morgan fingerprint density at radius 2 is 1.80 bits per heavy atom. The zero-order valence-corrected chi connectivity index (χ0v) is 10.6. The molecule has 0 radical (unpaired) electrons. The van der Waals surface area contributed by atoms with Crippen molar-refractivity contribution in [2.24, 2.45) is 0 Å². The van der Waals surface area contributed by atoms with Gasteiger partial charge in [-0.2, -0.15) is 0 Å². The molecule has 4 heteroatoms. The molecular formula is C11H16BrN3. The number of anilines is 1. The molecule has 0 spiro atoms. The van der Waals surface area contributed by atoms with Gasteiger partial charge in [0.1, 0.15) is 0 Å². The molecule has 2 rings (SSSR count). The van der Waals surface area contributed by atoms with E-state index in [0.29, 0.717) is 6.04 Å². The molecule has 0 aliphatic heterocycles. The Kier molecular flexibility index (Phi) is 3.57. The van der Waals surface area contributed by atoms with Gasteiger partial charge in [-0.3, -0.25) is 0 Å². The second kappa shape index (κ2) is 4.92. The second-order valence-corrected chi connectivity index (χ2v) is 5.02. The number of aromatic nitrogens is 2. The zero-order chi connectivity index (χ0) is 10.7. The lowest BCUT2D eigenvalue weighted by Crippen LogP contribution is -2.34. The van der Waals surface area contributed by atoms with Crippen LogP contribution < -0.4 is 4.90 Å². The third-order valence-corrected chi connectivity index (χ3v) is 3.45. The van der Waals surface area contributed by atoms with E-state index in [4.69, 9.17) is 0 Å². The Morgan fingerprint density at radius 1 is 1.20 bits per heavy atom. The summed E-state index contributed by atoms with van der Waals surface area (Å²) >= 11 is 3.35. The third-order valence-electron chi connectivity index (χ3n) is 3.04. The maximum atomic E-state index is 4.32. The van der Waals surface area contributed by atoms with Crippen LogP contribution in [-0.4, -0.2) is 23.1 Å². The van der Waals surface area contributed by atoms with Gasteiger partial charge in [-0.1, -0.05) is 19.3 Å². The maximum Gasteiger partial charge on any atom is 0.225 e. The van der Waals surface area contributed by atoms with Gasteiger partial charge in [-0.05, 0) is 28.8 Å². The van der Waals surface area contributed by atoms with E-state index >= 15 is 0 Å². The fraction of sp³-hybridized carbons (Fsp3) is 0.636. The fourth-order valence-electron chi connectivity index (χ4n) is 2.12. The molecule has 1 saturated carbocycles. The molecule has 0 saturated heterocycles. The molecule has 3 nitrogen and oxygen atoms in total. The topological polar surface area (TPSA) is 29.0 Å². The first-order valence-corrected chi connectivity index (χ1v) is 6.27. The highest BCUT2D eigenvalue weighted by Gasteiger charge is 2.19. The third kappa shape index (κ3) is 2.68. The Bertz CT molecular complexity index is 306. The van der Waals surface area contributed by atoms with Gasteiger partial charge in [0.15, 0.2) is 0 Å². The average Bonchev–Trinajstić information content (AvgIpc) is 2.30. The van der Waals surface area contributed by atoms with Gasteiger partial charge in [-0.25, -0.2) is 9.97 Å². The molecule has 82 valence electrons. The van der Waals surface area contributed by atoms with Crippen LogP contribution in [0.3, 0.4) is 0 Å². The van der Waals surface area contributed by atoms with Gasteiger partial charge in [0.2, 0.25) is 5.95 Å². The van der Waals surface area contributed by atoms with E-state index in [-0.39, 0.29) is 0 Å². The minimum atomic E-state index is 0.625. The molecule has 15 heavy (non-hydrogen) atoms. The summed E-state index contributed by atoms with van der Waals surface area (Å²) in [5.74, 6) is 0.838. The van der Waals surface area contributed by atoms with E-state index in [1.54, 1.807) is 0 Å². The molecule has 1 aliphatic carbocycles. The van der Waals surface area contributed by atoms with Crippen LogP contribution in [-0.2, 0) is 0 Å². The van der Waals surface area contributed by atoms with Crippen molar-refractivity contribution in [1.82, 2.24) is 9.97 Å². The number of nitrogens with zero attached hydrogens (tertiary/aromatic N) is 3. The summed E-state index contributed by atoms with van der Waals surface area (Å²) in [6.07, 6.45) is 10.2. The largest absolute Gasteiger partial charge is 0.341 e. The van der Waals surface area contributed by atoms with E-state index in [2.05, 4.69) is 37.8 Å². The molecule has 0 amide bonds. The summed E-state index contributed by atoms with van der Waals surface area (Å²) in [6, 6.07) is 0.625. The lowest BCUT2D eigenvalue weighted by molar-refractivity contribution is 0.424. The minimum absolute atomic E-state index is 0.625. The van der Waals surface area contributed by atoms with Gasteiger partial charge >= 0.3 is 0 Å². The van der Waals surface area contributed by atoms with Crippen molar-refractivity contribution in [2.75, 3.05) is 11.9 Å². The first-order valence-electron chi connectivity index (χ1n) is 5.48. The normalized spacial score (nSPS) is 17.7. The van der Waals surface area contributed by atoms with Gasteiger partial charge in [0.25, 0.3) is 0 Å². The van der Waals surface area contributed by atoms with Crippen molar-refractivity contribution in [3.05, 3.63) is 16.9 Å². The lowest BCUT2D eigenvalue weighted by atomic mass is 9.95. The highest BCUT2D eigenvalue weighted by atomic mass is 79.9. The highest BCUT2D eigenvalue weighted by molar-refractivity contribution is 9.10. The van der Waals surface area contributed by atoms with Crippen molar-refractivity contribution in [3.8, 4) is 0 Å². The molecule has 1 aromatic heterocycles. The SMILES string of the molecule is CN(c1ncc(Br)cn1)C1CCCCC1. The van der Waals surface area contributed by atoms with Gasteiger partial charge < -0.3 is 4.90 Å². The standard InChI is InChI=1S/C11H16BrN3/c1-15(10-5-3-2-4-6-10)11-13-7-9(12)8-14-11/h7-8,10H,2-6H2,1H3. The monoisotopic (exact) mass is 269 g/mol. The van der Waals surface area contributed by atoms with Crippen molar-refractivity contribution < 1.29 is 0 Å². The van der Waals surface area contributed by atoms with Gasteiger partial charge in [0, 0.05) is 25.5 Å². The van der Waals surface area contributed by atoms with Crippen LogP contribution in [0, 0.1) is 0 Å². The smallest absolute Gasteiger partial charge is 0.225 e. The second-order valence-electron chi connectivity index (χ2n) is 4.10. The first-order chi connectivity index (χ1) is 7.27. The zero-order valence-electron chi connectivity index (χ0n) is 8.99. The van der Waals surface area contributed by atoms with Crippen LogP contribution in [0.2, 0.25) is 0 Å². The van der Waals surface area contributed by atoms with Crippen molar-refractivity contribution in [1.29, 1.82) is 0 Å². The summed E-state index contributed by atoms with van der Waals surface area (Å²) in [6.45, 7) is 0. The molecule has 0 atom stereocenters. The van der Waals surface area contributed by atoms with Crippen LogP contribution in [0.15, 0.2) is 16.9 Å². The van der Waals surface area contributed by atoms with E-state index in [1.807, 2.05) is 12.4 Å². The van der Waals surface area contributed by atoms with Crippen LogP contribution in [0.25, 0.3) is 0 Å². The van der Waals surface area contributed by atoms with E-state index in [0.717, 1.165) is 10.4 Å². The summed E-state index contributed by atoms with van der Waals surface area (Å²) in [7, 11) is 2.10. The minimum Gasteiger partial charge on any atom is -0.341 e. The first kappa shape index (κ1) is 10.9. The number of halogens is 1. The Balaban J connectivity index is 2.05. The Morgan fingerprint density at radius 3 is 2.40 bits per heavy atom. The Labute approximate surface area is 99.0 Å². The molecule has 1 fully saturated rings. The van der Waals surface area contributed by atoms with Gasteiger partial charge in [-0.15, -0.1) is 0 Å². The van der Waals surface area contributed by atoms with Crippen molar-refractivity contribution in [3.63, 3.8) is 0 Å². The molecule has 1 aromatic rings. The van der Waals surface area contributed by atoms with E-state index in [1.165, 1.54) is 32.1 Å². The number of hydrogen-bond donors (Lipinski definition) is 0. The van der Waals surface area contributed by atoms with Crippen LogP contribution in [0.4, 0.5) is 5.95 Å². The van der Waals surface area contributed by atoms with Crippen molar-refractivity contribution in [2.45, 2.75) is 38.1 Å². The predicted octanol–water partition coefficient (Wildman–Crippen LogP) is 3.01. The van der Waals surface area contributed by atoms with E-state index < -0.39 is 0 Å². The quantitative estimate of drug-likeness (QED) is 0.827. The predicted molar refractivity (Wildman–Crippen MR) is 65.0 cm³/mol. The maximum absolute atomic E-state index is 4.32. The highest BCUT2D eigenvalue weighted by Crippen LogP contribution is 2.24. The lowest BCUT2D eigenvalue weighted by Gasteiger charge is -2.31. The summed E-state index contributed by atoms with van der Waals surface area (Å²) in [5.41, 5.74) is 0. The van der Waals surface area contributed by atoms with Crippen molar-refractivity contribution >= 4 is 21.9 Å². The van der Waals surface area contributed by atoms with Crippen LogP contribution in [0.5, 0.6) is 0 Å². The number of rotatable bonds is 2. The van der Waals surface area contributed by atoms with E-state index in [9.17, 15) is 0 Å². The molecular weight excluding hydrogens is 254 g/mol. The molecule has 1 aliphatic rings. The molecule has 0 N–H and O–H groups in total. The van der Waals surface area contributed by atoms with Gasteiger partial charge in [0.05, 0.1) is 4.47 Å². The summed E-state index contributed by atoms with van der Waals surface area (Å²) < 4.78 is 0.934. The molecule has 0 bridgehead atoms. The van der Waals surface area contributed by atoms with Crippen LogP contribution in [0.1, 0.15) is 32.1 Å². The molecule has 0 aromatic carbocycles. The molecule has 0 unspecified atom stereocenters. The Hall–Kier alpha value is -0.640. The number of hydrogen-bond acceptors (Lipinski definition) is 3. The summed E-state index contributed by atoms with van der Waals surface area (Å²) in [4.78, 5) is 10.9. The molecule has 1 heterocycles. The van der Waals surface area contributed by atoms with Crippen LogP contribution >= 0.6 is 15.9 Å². The average molecular weight is 270 g/mol. The summed E-state index contributed by atoms with van der Waals surface area (Å²) in [5, 5.41) is 0. The fourth-order valence-corrected chi connectivity index (χ4v) is 2.32.